The van der Waals surface area contributed by atoms with Gasteiger partial charge in [-0.05, 0) is 19.1 Å². The summed E-state index contributed by atoms with van der Waals surface area (Å²) in [5.41, 5.74) is -0.204. The number of rotatable bonds is 5. The fourth-order valence-electron chi connectivity index (χ4n) is 2.57. The summed E-state index contributed by atoms with van der Waals surface area (Å²) in [4.78, 5) is 4.23. The van der Waals surface area contributed by atoms with Gasteiger partial charge in [-0.3, -0.25) is 9.08 Å². The molecule has 0 aliphatic carbocycles. The second-order valence-corrected chi connectivity index (χ2v) is 5.77. The van der Waals surface area contributed by atoms with Gasteiger partial charge < -0.3 is 10.6 Å². The Bertz CT molecular complexity index is 941. The summed E-state index contributed by atoms with van der Waals surface area (Å²) in [5.74, 6) is 1.04. The first kappa shape index (κ1) is 18.7. The molecule has 0 saturated heterocycles. The zero-order valence-electron chi connectivity index (χ0n) is 14.8. The summed E-state index contributed by atoms with van der Waals surface area (Å²) in [5, 5.41) is 17.7. The summed E-state index contributed by atoms with van der Waals surface area (Å²) in [7, 11) is 1.45. The number of nitrogens with one attached hydrogen (secondary N) is 2. The van der Waals surface area contributed by atoms with E-state index in [9.17, 15) is 13.2 Å². The van der Waals surface area contributed by atoms with Crippen LogP contribution in [0.5, 0.6) is 0 Å². The maximum Gasteiger partial charge on any atom is 0.435 e. The number of alkyl halides is 3. The van der Waals surface area contributed by atoms with Crippen molar-refractivity contribution in [2.24, 2.45) is 12.0 Å². The molecular weight excluding hydrogens is 361 g/mol. The number of hydrogen-bond acceptors (Lipinski definition) is 4. The monoisotopic (exact) mass is 380 g/mol. The molecule has 0 aromatic carbocycles. The van der Waals surface area contributed by atoms with Crippen molar-refractivity contribution in [2.45, 2.75) is 26.2 Å². The number of pyridine rings is 1. The molecule has 3 aromatic rings. The second kappa shape index (κ2) is 7.64. The van der Waals surface area contributed by atoms with Crippen molar-refractivity contribution < 1.29 is 13.2 Å². The molecule has 144 valence electrons. The normalized spacial score (nSPS) is 12.6. The van der Waals surface area contributed by atoms with Crippen molar-refractivity contribution in [3.05, 3.63) is 47.7 Å². The number of aliphatic imine (C=N–C) groups is 1. The van der Waals surface area contributed by atoms with Crippen LogP contribution in [0, 0.1) is 0 Å². The standard InChI is InChI=1S/C16H19F3N8/c1-3-20-15(21-8-11-10-26(2)25-14(11)16(17,18)19)22-9-13-24-23-12-6-4-5-7-27(12)13/h4-7,10H,3,8-9H2,1-2H3,(H2,20,21,22). The molecule has 0 fully saturated rings. The third kappa shape index (κ3) is 4.36. The zero-order valence-corrected chi connectivity index (χ0v) is 14.8. The van der Waals surface area contributed by atoms with Crippen molar-refractivity contribution >= 4 is 11.6 Å². The van der Waals surface area contributed by atoms with E-state index in [4.69, 9.17) is 0 Å². The minimum Gasteiger partial charge on any atom is -0.357 e. The van der Waals surface area contributed by atoms with E-state index in [1.54, 1.807) is 0 Å². The highest BCUT2D eigenvalue weighted by molar-refractivity contribution is 5.79. The lowest BCUT2D eigenvalue weighted by atomic mass is 10.2. The largest absolute Gasteiger partial charge is 0.435 e. The van der Waals surface area contributed by atoms with Crippen LogP contribution >= 0.6 is 0 Å². The van der Waals surface area contributed by atoms with E-state index in [0.29, 0.717) is 30.5 Å². The molecule has 0 atom stereocenters. The van der Waals surface area contributed by atoms with Gasteiger partial charge in [0.25, 0.3) is 0 Å². The maximum absolute atomic E-state index is 13.0. The van der Waals surface area contributed by atoms with Gasteiger partial charge in [0.1, 0.15) is 0 Å². The Morgan fingerprint density at radius 1 is 1.22 bits per heavy atom. The van der Waals surface area contributed by atoms with Gasteiger partial charge in [0.2, 0.25) is 0 Å². The van der Waals surface area contributed by atoms with Gasteiger partial charge in [-0.15, -0.1) is 10.2 Å². The van der Waals surface area contributed by atoms with Crippen LogP contribution in [0.25, 0.3) is 5.65 Å². The summed E-state index contributed by atoms with van der Waals surface area (Å²) < 4.78 is 42.1. The van der Waals surface area contributed by atoms with Crippen molar-refractivity contribution in [2.75, 3.05) is 6.54 Å². The lowest BCUT2D eigenvalue weighted by Gasteiger charge is -2.11. The Morgan fingerprint density at radius 2 is 2.04 bits per heavy atom. The third-order valence-corrected chi connectivity index (χ3v) is 3.72. The van der Waals surface area contributed by atoms with Gasteiger partial charge in [0, 0.05) is 31.5 Å². The number of guanidine groups is 1. The number of fused-ring (bicyclic) bond motifs is 1. The van der Waals surface area contributed by atoms with Gasteiger partial charge in [-0.2, -0.15) is 18.3 Å². The molecule has 0 aliphatic heterocycles. The molecule has 0 spiro atoms. The highest BCUT2D eigenvalue weighted by atomic mass is 19.4. The van der Waals surface area contributed by atoms with Crippen LogP contribution in [0.4, 0.5) is 13.2 Å². The summed E-state index contributed by atoms with van der Waals surface area (Å²) in [6.45, 7) is 2.59. The van der Waals surface area contributed by atoms with Crippen LogP contribution in [0.15, 0.2) is 35.6 Å². The molecule has 11 heteroatoms. The van der Waals surface area contributed by atoms with Crippen LogP contribution in [0.1, 0.15) is 24.0 Å². The minimum atomic E-state index is -4.52. The number of nitrogens with zero attached hydrogens (tertiary/aromatic N) is 6. The van der Waals surface area contributed by atoms with E-state index >= 15 is 0 Å². The van der Waals surface area contributed by atoms with E-state index in [2.05, 4.69) is 30.9 Å². The first-order valence-electron chi connectivity index (χ1n) is 8.29. The Kier molecular flexibility index (Phi) is 5.28. The average Bonchev–Trinajstić information content (AvgIpc) is 3.20. The average molecular weight is 380 g/mol. The van der Waals surface area contributed by atoms with Gasteiger partial charge in [0.05, 0.1) is 13.1 Å². The van der Waals surface area contributed by atoms with Crippen LogP contribution < -0.4 is 10.6 Å². The first-order valence-corrected chi connectivity index (χ1v) is 8.29. The molecule has 0 saturated carbocycles. The lowest BCUT2D eigenvalue weighted by Crippen LogP contribution is -2.37. The smallest absolute Gasteiger partial charge is 0.357 e. The molecule has 3 rings (SSSR count). The van der Waals surface area contributed by atoms with Crippen LogP contribution in [0.3, 0.4) is 0 Å². The zero-order chi connectivity index (χ0) is 19.4. The molecule has 0 bridgehead atoms. The van der Waals surface area contributed by atoms with E-state index in [1.165, 1.54) is 13.2 Å². The molecule has 0 aliphatic rings. The number of aryl methyl sites for hydroxylation is 1. The van der Waals surface area contributed by atoms with Gasteiger partial charge >= 0.3 is 6.18 Å². The minimum absolute atomic E-state index is 0.00938. The fourth-order valence-corrected chi connectivity index (χ4v) is 2.57. The van der Waals surface area contributed by atoms with E-state index in [0.717, 1.165) is 4.68 Å². The van der Waals surface area contributed by atoms with Crippen molar-refractivity contribution in [3.8, 4) is 0 Å². The second-order valence-electron chi connectivity index (χ2n) is 5.77. The summed E-state index contributed by atoms with van der Waals surface area (Å²) >= 11 is 0. The Balaban J connectivity index is 1.74. The van der Waals surface area contributed by atoms with Gasteiger partial charge in [-0.1, -0.05) is 6.07 Å². The Labute approximate surface area is 153 Å². The van der Waals surface area contributed by atoms with Crippen LogP contribution in [-0.4, -0.2) is 36.9 Å². The molecule has 0 radical (unpaired) electrons. The van der Waals surface area contributed by atoms with Crippen LogP contribution in [-0.2, 0) is 26.3 Å². The van der Waals surface area contributed by atoms with Crippen LogP contribution in [0.2, 0.25) is 0 Å². The highest BCUT2D eigenvalue weighted by Gasteiger charge is 2.36. The van der Waals surface area contributed by atoms with Crippen molar-refractivity contribution in [3.63, 3.8) is 0 Å². The third-order valence-electron chi connectivity index (χ3n) is 3.72. The molecule has 3 heterocycles. The Morgan fingerprint density at radius 3 is 2.78 bits per heavy atom. The van der Waals surface area contributed by atoms with E-state index < -0.39 is 11.9 Å². The van der Waals surface area contributed by atoms with E-state index in [1.807, 2.05) is 35.7 Å². The molecule has 2 N–H and O–H groups in total. The predicted octanol–water partition coefficient (Wildman–Crippen LogP) is 1.74. The number of halogens is 3. The molecular formula is C16H19F3N8. The molecule has 27 heavy (non-hydrogen) atoms. The molecule has 8 nitrogen and oxygen atoms in total. The molecule has 3 aromatic heterocycles. The quantitative estimate of drug-likeness (QED) is 0.520. The van der Waals surface area contributed by atoms with Gasteiger partial charge in [0.15, 0.2) is 23.1 Å². The predicted molar refractivity (Wildman–Crippen MR) is 92.9 cm³/mol. The number of aromatic nitrogens is 5. The lowest BCUT2D eigenvalue weighted by molar-refractivity contribution is -0.142. The maximum atomic E-state index is 13.0. The summed E-state index contributed by atoms with van der Waals surface area (Å²) in [6.07, 6.45) is -1.36. The van der Waals surface area contributed by atoms with Gasteiger partial charge in [-0.25, -0.2) is 4.99 Å². The first-order chi connectivity index (χ1) is 12.9. The van der Waals surface area contributed by atoms with E-state index in [-0.39, 0.29) is 12.1 Å². The Hall–Kier alpha value is -3.11. The van der Waals surface area contributed by atoms with Crippen molar-refractivity contribution in [1.82, 2.24) is 35.0 Å². The molecule has 0 unspecified atom stereocenters. The SMILES string of the molecule is CCNC(=NCc1cn(C)nc1C(F)(F)F)NCc1nnc2ccccn12. The highest BCUT2D eigenvalue weighted by Crippen LogP contribution is 2.30. The number of hydrogen-bond donors (Lipinski definition) is 2. The summed E-state index contributed by atoms with van der Waals surface area (Å²) in [6, 6.07) is 5.55. The van der Waals surface area contributed by atoms with Crippen molar-refractivity contribution in [1.29, 1.82) is 0 Å². The topological polar surface area (TPSA) is 84.4 Å². The molecule has 0 amide bonds. The fraction of sp³-hybridized carbons (Fsp3) is 0.375.